The number of carbonyl (C=O) groups excluding carboxylic acids is 2. The van der Waals surface area contributed by atoms with E-state index >= 15 is 0 Å². The van der Waals surface area contributed by atoms with Gasteiger partial charge in [0.1, 0.15) is 5.82 Å². The molecule has 5 nitrogen and oxygen atoms in total. The molecule has 1 aliphatic heterocycles. The van der Waals surface area contributed by atoms with Crippen molar-refractivity contribution in [2.75, 3.05) is 13.1 Å². The Balaban J connectivity index is 1.39. The Hall–Kier alpha value is -2.76. The Bertz CT molecular complexity index is 881. The number of carbonyl (C=O) groups is 2. The highest BCUT2D eigenvalue weighted by Gasteiger charge is 2.39. The SMILES string of the molecule is O=C(NCC1(c2ccccc2F)CCCC1)C1CC(=O)N(Cc2ccncc2)C1. The van der Waals surface area contributed by atoms with E-state index < -0.39 is 0 Å². The molecule has 4 rings (SSSR count). The van der Waals surface area contributed by atoms with Gasteiger partial charge in [-0.15, -0.1) is 0 Å². The van der Waals surface area contributed by atoms with Crippen LogP contribution in [0.4, 0.5) is 4.39 Å². The molecule has 1 aromatic heterocycles. The van der Waals surface area contributed by atoms with E-state index in [4.69, 9.17) is 0 Å². The van der Waals surface area contributed by atoms with Gasteiger partial charge in [0, 0.05) is 43.9 Å². The molecule has 1 aromatic carbocycles. The monoisotopic (exact) mass is 395 g/mol. The number of likely N-dealkylation sites (tertiary alicyclic amines) is 1. The van der Waals surface area contributed by atoms with Gasteiger partial charge in [-0.25, -0.2) is 4.39 Å². The maximum absolute atomic E-state index is 14.5. The van der Waals surface area contributed by atoms with Gasteiger partial charge in [-0.1, -0.05) is 31.0 Å². The van der Waals surface area contributed by atoms with E-state index in [2.05, 4.69) is 10.3 Å². The van der Waals surface area contributed by atoms with Crippen LogP contribution in [-0.2, 0) is 21.5 Å². The van der Waals surface area contributed by atoms with Crippen molar-refractivity contribution in [1.29, 1.82) is 0 Å². The molecule has 1 atom stereocenters. The molecule has 0 spiro atoms. The summed E-state index contributed by atoms with van der Waals surface area (Å²) in [6.07, 6.45) is 7.42. The number of nitrogens with zero attached hydrogens (tertiary/aromatic N) is 2. The largest absolute Gasteiger partial charge is 0.355 e. The summed E-state index contributed by atoms with van der Waals surface area (Å²) >= 11 is 0. The fourth-order valence-electron chi connectivity index (χ4n) is 4.69. The van der Waals surface area contributed by atoms with E-state index in [1.165, 1.54) is 6.07 Å². The van der Waals surface area contributed by atoms with Gasteiger partial charge in [-0.2, -0.15) is 0 Å². The van der Waals surface area contributed by atoms with Crippen molar-refractivity contribution in [1.82, 2.24) is 15.2 Å². The van der Waals surface area contributed by atoms with Crippen molar-refractivity contribution in [3.05, 3.63) is 65.7 Å². The first kappa shape index (κ1) is 19.6. The highest BCUT2D eigenvalue weighted by Crippen LogP contribution is 2.41. The molecule has 2 heterocycles. The van der Waals surface area contributed by atoms with Gasteiger partial charge < -0.3 is 10.2 Å². The lowest BCUT2D eigenvalue weighted by molar-refractivity contribution is -0.129. The zero-order valence-electron chi connectivity index (χ0n) is 16.4. The third kappa shape index (κ3) is 4.16. The van der Waals surface area contributed by atoms with Crippen LogP contribution in [0, 0.1) is 11.7 Å². The number of pyridine rings is 1. The molecule has 1 unspecified atom stereocenters. The van der Waals surface area contributed by atoms with E-state index in [0.717, 1.165) is 31.2 Å². The zero-order valence-corrected chi connectivity index (χ0v) is 16.4. The summed E-state index contributed by atoms with van der Waals surface area (Å²) in [6.45, 7) is 1.33. The van der Waals surface area contributed by atoms with Crippen molar-refractivity contribution in [2.45, 2.75) is 44.1 Å². The number of halogens is 1. The number of hydrogen-bond donors (Lipinski definition) is 1. The predicted molar refractivity (Wildman–Crippen MR) is 107 cm³/mol. The van der Waals surface area contributed by atoms with E-state index in [-0.39, 0.29) is 35.4 Å². The van der Waals surface area contributed by atoms with Gasteiger partial charge in [0.05, 0.1) is 5.92 Å². The average Bonchev–Trinajstić information content (AvgIpc) is 3.35. The summed E-state index contributed by atoms with van der Waals surface area (Å²) in [5.41, 5.74) is 1.35. The van der Waals surface area contributed by atoms with Crippen LogP contribution < -0.4 is 5.32 Å². The van der Waals surface area contributed by atoms with Crippen LogP contribution in [0.5, 0.6) is 0 Å². The lowest BCUT2D eigenvalue weighted by Gasteiger charge is -2.30. The summed E-state index contributed by atoms with van der Waals surface area (Å²) in [6, 6.07) is 10.6. The topological polar surface area (TPSA) is 62.3 Å². The molecule has 2 aliphatic rings. The molecule has 0 bridgehead atoms. The maximum Gasteiger partial charge on any atom is 0.225 e. The van der Waals surface area contributed by atoms with Gasteiger partial charge >= 0.3 is 0 Å². The molecule has 1 N–H and O–H groups in total. The highest BCUT2D eigenvalue weighted by atomic mass is 19.1. The summed E-state index contributed by atoms with van der Waals surface area (Å²) in [5, 5.41) is 3.04. The Morgan fingerprint density at radius 2 is 1.90 bits per heavy atom. The molecule has 2 fully saturated rings. The van der Waals surface area contributed by atoms with Crippen LogP contribution in [0.1, 0.15) is 43.2 Å². The summed E-state index contributed by atoms with van der Waals surface area (Å²) in [5.74, 6) is -0.684. The molecule has 2 amide bonds. The van der Waals surface area contributed by atoms with Crippen LogP contribution in [0.15, 0.2) is 48.8 Å². The normalized spacial score (nSPS) is 20.8. The zero-order chi connectivity index (χ0) is 20.3. The van der Waals surface area contributed by atoms with Crippen molar-refractivity contribution < 1.29 is 14.0 Å². The van der Waals surface area contributed by atoms with Crippen molar-refractivity contribution in [3.63, 3.8) is 0 Å². The number of hydrogen-bond acceptors (Lipinski definition) is 3. The highest BCUT2D eigenvalue weighted by molar-refractivity contribution is 5.89. The molecule has 29 heavy (non-hydrogen) atoms. The fraction of sp³-hybridized carbons (Fsp3) is 0.435. The minimum absolute atomic E-state index is 0.00774. The summed E-state index contributed by atoms with van der Waals surface area (Å²) in [7, 11) is 0. The third-order valence-corrected chi connectivity index (χ3v) is 6.31. The number of amides is 2. The summed E-state index contributed by atoms with van der Waals surface area (Å²) in [4.78, 5) is 30.9. The van der Waals surface area contributed by atoms with E-state index in [1.807, 2.05) is 24.3 Å². The second kappa shape index (κ2) is 8.31. The molecule has 1 saturated heterocycles. The van der Waals surface area contributed by atoms with E-state index in [1.54, 1.807) is 23.4 Å². The van der Waals surface area contributed by atoms with Gasteiger partial charge in [-0.05, 0) is 42.2 Å². The predicted octanol–water partition coefficient (Wildman–Crippen LogP) is 3.20. The molecule has 6 heteroatoms. The Kier molecular flexibility index (Phi) is 5.60. The van der Waals surface area contributed by atoms with Crippen molar-refractivity contribution in [3.8, 4) is 0 Å². The van der Waals surface area contributed by atoms with Crippen LogP contribution in [-0.4, -0.2) is 34.8 Å². The first-order valence-electron chi connectivity index (χ1n) is 10.3. The molecular weight excluding hydrogens is 369 g/mol. The fourth-order valence-corrected chi connectivity index (χ4v) is 4.69. The molecule has 1 aliphatic carbocycles. The van der Waals surface area contributed by atoms with Crippen molar-refractivity contribution >= 4 is 11.8 Å². The Morgan fingerprint density at radius 1 is 1.17 bits per heavy atom. The van der Waals surface area contributed by atoms with Gasteiger partial charge in [0.25, 0.3) is 0 Å². The number of benzene rings is 1. The van der Waals surface area contributed by atoms with Crippen LogP contribution in [0.2, 0.25) is 0 Å². The minimum atomic E-state index is -0.358. The molecular formula is C23H26FN3O2. The molecule has 0 radical (unpaired) electrons. The van der Waals surface area contributed by atoms with Crippen LogP contribution in [0.25, 0.3) is 0 Å². The second-order valence-corrected chi connectivity index (χ2v) is 8.22. The average molecular weight is 395 g/mol. The van der Waals surface area contributed by atoms with Crippen LogP contribution in [0.3, 0.4) is 0 Å². The minimum Gasteiger partial charge on any atom is -0.355 e. The van der Waals surface area contributed by atoms with E-state index in [9.17, 15) is 14.0 Å². The lowest BCUT2D eigenvalue weighted by Crippen LogP contribution is -2.42. The first-order chi connectivity index (χ1) is 14.1. The standard InChI is InChI=1S/C23H26FN3O2/c24-20-6-2-1-5-19(20)23(9-3-4-10-23)16-26-22(29)18-13-21(28)27(15-18)14-17-7-11-25-12-8-17/h1-2,5-8,11-12,18H,3-4,9-10,13-16H2,(H,26,29). The van der Waals surface area contributed by atoms with Crippen LogP contribution >= 0.6 is 0 Å². The van der Waals surface area contributed by atoms with Gasteiger partial charge in [0.15, 0.2) is 0 Å². The molecule has 152 valence electrons. The second-order valence-electron chi connectivity index (χ2n) is 8.22. The van der Waals surface area contributed by atoms with Gasteiger partial charge in [-0.3, -0.25) is 14.6 Å². The molecule has 2 aromatic rings. The Labute approximate surface area is 170 Å². The van der Waals surface area contributed by atoms with E-state index in [0.29, 0.717) is 25.2 Å². The number of rotatable bonds is 6. The first-order valence-corrected chi connectivity index (χ1v) is 10.3. The quantitative estimate of drug-likeness (QED) is 0.817. The third-order valence-electron chi connectivity index (χ3n) is 6.31. The number of nitrogens with one attached hydrogen (secondary N) is 1. The van der Waals surface area contributed by atoms with Gasteiger partial charge in [0.2, 0.25) is 11.8 Å². The summed E-state index contributed by atoms with van der Waals surface area (Å²) < 4.78 is 14.5. The number of aromatic nitrogens is 1. The smallest absolute Gasteiger partial charge is 0.225 e. The lowest BCUT2D eigenvalue weighted by atomic mass is 9.78. The Morgan fingerprint density at radius 3 is 2.62 bits per heavy atom. The van der Waals surface area contributed by atoms with Crippen molar-refractivity contribution in [2.24, 2.45) is 5.92 Å². The molecule has 1 saturated carbocycles. The maximum atomic E-state index is 14.5.